The second kappa shape index (κ2) is 12.8. The van der Waals surface area contributed by atoms with Gasteiger partial charge in [0.1, 0.15) is 6.04 Å². The van der Waals surface area contributed by atoms with Crippen molar-refractivity contribution >= 4 is 50.7 Å². The molecule has 0 heterocycles. The fraction of sp³-hybridized carbons (Fsp3) is 0.462. The van der Waals surface area contributed by atoms with E-state index in [9.17, 15) is 18.0 Å². The number of carbonyl (C=O) groups is 2. The Morgan fingerprint density at radius 3 is 2.11 bits per heavy atom. The Hall–Kier alpha value is -2.29. The summed E-state index contributed by atoms with van der Waals surface area (Å²) in [6.07, 6.45) is 1.51. The van der Waals surface area contributed by atoms with Crippen LogP contribution in [0, 0.1) is 13.8 Å². The van der Waals surface area contributed by atoms with Crippen molar-refractivity contribution in [3.05, 3.63) is 63.1 Å². The Labute approximate surface area is 224 Å². The molecule has 0 radical (unpaired) electrons. The fourth-order valence-corrected chi connectivity index (χ4v) is 5.19. The monoisotopic (exact) mass is 555 g/mol. The fourth-order valence-electron chi connectivity index (χ4n) is 3.92. The SMILES string of the molecule is Cc1cc(C)cc(N(CCCC(=O)N(Cc2ccc(Cl)c(Cl)c2)[C@H](C)C(=O)NC(C)C)S(C)(=O)=O)c1. The molecule has 36 heavy (non-hydrogen) atoms. The molecule has 0 unspecified atom stereocenters. The van der Waals surface area contributed by atoms with Gasteiger partial charge >= 0.3 is 0 Å². The van der Waals surface area contributed by atoms with E-state index in [1.165, 1.54) is 9.21 Å². The Kier molecular flexibility index (Phi) is 10.6. The molecule has 7 nitrogen and oxygen atoms in total. The number of anilines is 1. The molecule has 2 aromatic carbocycles. The highest BCUT2D eigenvalue weighted by molar-refractivity contribution is 7.92. The molecular formula is C26H35Cl2N3O4S. The lowest BCUT2D eigenvalue weighted by molar-refractivity contribution is -0.140. The summed E-state index contributed by atoms with van der Waals surface area (Å²) in [6, 6.07) is 9.85. The Bertz CT molecular complexity index is 1180. The number of sulfonamides is 1. The van der Waals surface area contributed by atoms with Crippen LogP contribution in [0.1, 0.15) is 50.3 Å². The molecule has 198 valence electrons. The zero-order chi connectivity index (χ0) is 27.2. The summed E-state index contributed by atoms with van der Waals surface area (Å²) < 4.78 is 26.4. The van der Waals surface area contributed by atoms with Gasteiger partial charge in [0.15, 0.2) is 0 Å². The molecule has 0 spiro atoms. The van der Waals surface area contributed by atoms with Crippen LogP contribution in [-0.2, 0) is 26.2 Å². The molecule has 0 saturated heterocycles. The number of carbonyl (C=O) groups excluding carboxylic acids is 2. The number of hydrogen-bond donors (Lipinski definition) is 1. The molecule has 0 aromatic heterocycles. The van der Waals surface area contributed by atoms with E-state index in [2.05, 4.69) is 5.32 Å². The zero-order valence-corrected chi connectivity index (χ0v) is 24.0. The molecule has 0 bridgehead atoms. The van der Waals surface area contributed by atoms with Gasteiger partial charge in [0.25, 0.3) is 0 Å². The van der Waals surface area contributed by atoms with E-state index in [1.54, 1.807) is 25.1 Å². The van der Waals surface area contributed by atoms with Crippen molar-refractivity contribution in [3.8, 4) is 0 Å². The average molecular weight is 557 g/mol. The molecule has 1 N–H and O–H groups in total. The number of aryl methyl sites for hydroxylation is 2. The number of nitrogens with zero attached hydrogens (tertiary/aromatic N) is 2. The highest BCUT2D eigenvalue weighted by Gasteiger charge is 2.27. The first kappa shape index (κ1) is 29.9. The topological polar surface area (TPSA) is 86.8 Å². The van der Waals surface area contributed by atoms with Crippen LogP contribution in [0.15, 0.2) is 36.4 Å². The summed E-state index contributed by atoms with van der Waals surface area (Å²) in [5.74, 6) is -0.534. The minimum Gasteiger partial charge on any atom is -0.352 e. The van der Waals surface area contributed by atoms with Gasteiger partial charge in [-0.3, -0.25) is 13.9 Å². The summed E-state index contributed by atoms with van der Waals surface area (Å²) >= 11 is 12.2. The number of amides is 2. The standard InChI is InChI=1S/C26H35Cl2N3O4S/c1-17(2)29-26(33)20(5)30(16-21-9-10-23(27)24(28)15-21)25(32)8-7-11-31(36(6,34)35)22-13-18(3)12-19(4)14-22/h9-10,12-15,17,20H,7-8,11,16H2,1-6H3,(H,29,33)/t20-/m1/s1. The predicted octanol–water partition coefficient (Wildman–Crippen LogP) is 5.10. The van der Waals surface area contributed by atoms with Crippen molar-refractivity contribution in [2.45, 2.75) is 66.1 Å². The smallest absolute Gasteiger partial charge is 0.242 e. The second-order valence-electron chi connectivity index (χ2n) is 9.39. The van der Waals surface area contributed by atoms with Crippen LogP contribution in [-0.4, -0.2) is 50.0 Å². The van der Waals surface area contributed by atoms with E-state index >= 15 is 0 Å². The molecule has 2 aromatic rings. The van der Waals surface area contributed by atoms with E-state index in [-0.39, 0.29) is 43.8 Å². The maximum atomic E-state index is 13.3. The number of nitrogens with one attached hydrogen (secondary N) is 1. The number of hydrogen-bond acceptors (Lipinski definition) is 4. The van der Waals surface area contributed by atoms with Gasteiger partial charge in [-0.1, -0.05) is 35.3 Å². The van der Waals surface area contributed by atoms with Crippen LogP contribution < -0.4 is 9.62 Å². The van der Waals surface area contributed by atoms with Crippen LogP contribution in [0.25, 0.3) is 0 Å². The van der Waals surface area contributed by atoms with Gasteiger partial charge < -0.3 is 10.2 Å². The van der Waals surface area contributed by atoms with E-state index < -0.39 is 16.1 Å². The summed E-state index contributed by atoms with van der Waals surface area (Å²) in [7, 11) is -3.55. The average Bonchev–Trinajstić information content (AvgIpc) is 2.74. The summed E-state index contributed by atoms with van der Waals surface area (Å²) in [6.45, 7) is 9.49. The van der Waals surface area contributed by atoms with Crippen LogP contribution in [0.4, 0.5) is 5.69 Å². The first-order valence-electron chi connectivity index (χ1n) is 11.8. The van der Waals surface area contributed by atoms with Gasteiger partial charge in [-0.2, -0.15) is 0 Å². The zero-order valence-electron chi connectivity index (χ0n) is 21.6. The Morgan fingerprint density at radius 2 is 1.58 bits per heavy atom. The molecule has 0 aliphatic carbocycles. The van der Waals surface area contributed by atoms with Crippen LogP contribution >= 0.6 is 23.2 Å². The van der Waals surface area contributed by atoms with Gasteiger partial charge in [0.05, 0.1) is 22.0 Å². The first-order chi connectivity index (χ1) is 16.7. The molecule has 2 rings (SSSR count). The van der Waals surface area contributed by atoms with Crippen molar-refractivity contribution in [3.63, 3.8) is 0 Å². The number of benzene rings is 2. The van der Waals surface area contributed by atoms with Crippen LogP contribution in [0.2, 0.25) is 10.0 Å². The molecule has 2 amide bonds. The van der Waals surface area contributed by atoms with Gasteiger partial charge in [-0.25, -0.2) is 8.42 Å². The van der Waals surface area contributed by atoms with Gasteiger partial charge in [0, 0.05) is 25.6 Å². The highest BCUT2D eigenvalue weighted by Crippen LogP contribution is 2.25. The van der Waals surface area contributed by atoms with Crippen molar-refractivity contribution in [2.24, 2.45) is 0 Å². The summed E-state index contributed by atoms with van der Waals surface area (Å²) in [5, 5.41) is 3.60. The van der Waals surface area contributed by atoms with Crippen molar-refractivity contribution in [1.82, 2.24) is 10.2 Å². The predicted molar refractivity (Wildman–Crippen MR) is 147 cm³/mol. The third kappa shape index (κ3) is 8.68. The minimum atomic E-state index is -3.55. The second-order valence-corrected chi connectivity index (χ2v) is 12.1. The van der Waals surface area contributed by atoms with E-state index in [0.717, 1.165) is 22.9 Å². The molecule has 10 heteroatoms. The van der Waals surface area contributed by atoms with Crippen LogP contribution in [0.5, 0.6) is 0 Å². The van der Waals surface area contributed by atoms with E-state index in [0.29, 0.717) is 15.7 Å². The molecular weight excluding hydrogens is 521 g/mol. The molecule has 1 atom stereocenters. The lowest BCUT2D eigenvalue weighted by Gasteiger charge is -2.30. The molecule has 0 fully saturated rings. The lowest BCUT2D eigenvalue weighted by Crippen LogP contribution is -2.49. The molecule has 0 saturated carbocycles. The Balaban J connectivity index is 2.22. The van der Waals surface area contributed by atoms with Crippen molar-refractivity contribution < 1.29 is 18.0 Å². The summed E-state index contributed by atoms with van der Waals surface area (Å²) in [5.41, 5.74) is 3.20. The number of halogens is 2. The van der Waals surface area contributed by atoms with Gasteiger partial charge in [-0.15, -0.1) is 0 Å². The molecule has 0 aliphatic rings. The maximum absolute atomic E-state index is 13.3. The summed E-state index contributed by atoms with van der Waals surface area (Å²) in [4.78, 5) is 27.5. The largest absolute Gasteiger partial charge is 0.352 e. The number of rotatable bonds is 11. The molecule has 0 aliphatic heterocycles. The minimum absolute atomic E-state index is 0.0669. The highest BCUT2D eigenvalue weighted by atomic mass is 35.5. The third-order valence-corrected chi connectivity index (χ3v) is 7.51. The van der Waals surface area contributed by atoms with Gasteiger partial charge in [-0.05, 0) is 82.0 Å². The van der Waals surface area contributed by atoms with E-state index in [4.69, 9.17) is 23.2 Å². The maximum Gasteiger partial charge on any atom is 0.242 e. The Morgan fingerprint density at radius 1 is 0.972 bits per heavy atom. The van der Waals surface area contributed by atoms with Crippen molar-refractivity contribution in [2.75, 3.05) is 17.1 Å². The first-order valence-corrected chi connectivity index (χ1v) is 14.4. The van der Waals surface area contributed by atoms with Crippen LogP contribution in [0.3, 0.4) is 0 Å². The van der Waals surface area contributed by atoms with Crippen molar-refractivity contribution in [1.29, 1.82) is 0 Å². The van der Waals surface area contributed by atoms with E-state index in [1.807, 2.05) is 45.9 Å². The quantitative estimate of drug-likeness (QED) is 0.418. The van der Waals surface area contributed by atoms with Gasteiger partial charge in [0.2, 0.25) is 21.8 Å². The third-order valence-electron chi connectivity index (χ3n) is 5.58. The normalized spacial score (nSPS) is 12.4. The lowest BCUT2D eigenvalue weighted by atomic mass is 10.1.